The zero-order valence-corrected chi connectivity index (χ0v) is 14.2. The molecule has 0 spiro atoms. The van der Waals surface area contributed by atoms with Crippen LogP contribution in [0.15, 0.2) is 0 Å². The van der Waals surface area contributed by atoms with Crippen LogP contribution in [0.4, 0.5) is 0 Å². The predicted octanol–water partition coefficient (Wildman–Crippen LogP) is 1.59. The maximum absolute atomic E-state index is 10.2. The first-order chi connectivity index (χ1) is 10.5. The molecular formula is C18H32N2O2. The van der Waals surface area contributed by atoms with Crippen molar-refractivity contribution >= 4 is 0 Å². The molecule has 4 saturated heterocycles. The fourth-order valence-corrected chi connectivity index (χ4v) is 6.42. The van der Waals surface area contributed by atoms with Gasteiger partial charge < -0.3 is 10.2 Å². The van der Waals surface area contributed by atoms with Crippen molar-refractivity contribution in [2.24, 2.45) is 5.92 Å². The third-order valence-corrected chi connectivity index (χ3v) is 7.09. The number of hydrogen-bond acceptors (Lipinski definition) is 4. The fourth-order valence-electron chi connectivity index (χ4n) is 6.42. The Hall–Kier alpha value is -0.160. The highest BCUT2D eigenvalue weighted by Gasteiger charge is 2.53. The number of aliphatic hydroxyl groups excluding tert-OH is 2. The maximum atomic E-state index is 10.2. The van der Waals surface area contributed by atoms with Crippen LogP contribution in [0.3, 0.4) is 0 Å². The molecule has 4 heteroatoms. The molecule has 8 atom stereocenters. The molecule has 4 nitrogen and oxygen atoms in total. The molecule has 0 radical (unpaired) electrons. The molecule has 4 aliphatic rings. The van der Waals surface area contributed by atoms with Crippen LogP contribution >= 0.6 is 0 Å². The lowest BCUT2D eigenvalue weighted by Crippen LogP contribution is -2.42. The average Bonchev–Trinajstić information content (AvgIpc) is 3.14. The highest BCUT2D eigenvalue weighted by molar-refractivity contribution is 5.08. The summed E-state index contributed by atoms with van der Waals surface area (Å²) in [6.07, 6.45) is 6.62. The molecule has 2 N–H and O–H groups in total. The lowest BCUT2D eigenvalue weighted by Gasteiger charge is -2.34. The Balaban J connectivity index is 1.42. The molecule has 4 aliphatic heterocycles. The molecule has 0 saturated carbocycles. The van der Waals surface area contributed by atoms with E-state index in [9.17, 15) is 10.2 Å². The minimum atomic E-state index is -0.108. The van der Waals surface area contributed by atoms with E-state index in [1.807, 2.05) is 0 Å². The van der Waals surface area contributed by atoms with Gasteiger partial charge in [0.2, 0.25) is 0 Å². The molecule has 0 amide bonds. The minimum Gasteiger partial charge on any atom is -0.391 e. The summed E-state index contributed by atoms with van der Waals surface area (Å²) in [5.41, 5.74) is 0. The highest BCUT2D eigenvalue weighted by Crippen LogP contribution is 2.47. The summed E-state index contributed by atoms with van der Waals surface area (Å²) in [5.74, 6) is 0.725. The van der Waals surface area contributed by atoms with E-state index >= 15 is 0 Å². The lowest BCUT2D eigenvalue weighted by atomic mass is 9.83. The van der Waals surface area contributed by atoms with Gasteiger partial charge in [-0.25, -0.2) is 0 Å². The van der Waals surface area contributed by atoms with Crippen LogP contribution in [0.2, 0.25) is 0 Å². The van der Waals surface area contributed by atoms with Crippen LogP contribution in [0.5, 0.6) is 0 Å². The molecule has 8 unspecified atom stereocenters. The Morgan fingerprint density at radius 2 is 1.59 bits per heavy atom. The molecule has 4 fully saturated rings. The molecule has 0 aliphatic carbocycles. The second kappa shape index (κ2) is 5.44. The van der Waals surface area contributed by atoms with Crippen molar-refractivity contribution in [2.45, 2.75) is 108 Å². The van der Waals surface area contributed by atoms with Gasteiger partial charge in [-0.3, -0.25) is 9.80 Å². The molecule has 22 heavy (non-hydrogen) atoms. The van der Waals surface area contributed by atoms with E-state index in [1.165, 1.54) is 25.7 Å². The van der Waals surface area contributed by atoms with Crippen molar-refractivity contribution in [3.8, 4) is 0 Å². The third kappa shape index (κ3) is 2.18. The summed E-state index contributed by atoms with van der Waals surface area (Å²) in [7, 11) is 0. The second-order valence-corrected chi connectivity index (χ2v) is 8.61. The van der Waals surface area contributed by atoms with Gasteiger partial charge in [-0.15, -0.1) is 0 Å². The first kappa shape index (κ1) is 15.4. The van der Waals surface area contributed by atoms with E-state index < -0.39 is 0 Å². The zero-order valence-electron chi connectivity index (χ0n) is 14.2. The first-order valence-corrected chi connectivity index (χ1v) is 9.38. The van der Waals surface area contributed by atoms with E-state index in [1.54, 1.807) is 0 Å². The predicted molar refractivity (Wildman–Crippen MR) is 86.6 cm³/mol. The van der Waals surface area contributed by atoms with Gasteiger partial charge in [0, 0.05) is 36.3 Å². The van der Waals surface area contributed by atoms with Gasteiger partial charge in [0.15, 0.2) is 0 Å². The zero-order chi connectivity index (χ0) is 15.6. The van der Waals surface area contributed by atoms with Gasteiger partial charge in [-0.1, -0.05) is 0 Å². The summed E-state index contributed by atoms with van der Waals surface area (Å²) in [6, 6.07) is 3.13. The van der Waals surface area contributed by atoms with Crippen molar-refractivity contribution in [2.75, 3.05) is 0 Å². The van der Waals surface area contributed by atoms with Gasteiger partial charge in [-0.2, -0.15) is 0 Å². The van der Waals surface area contributed by atoms with Crippen LogP contribution in [0, 0.1) is 5.92 Å². The third-order valence-electron chi connectivity index (χ3n) is 7.09. The number of nitrogens with zero attached hydrogens (tertiary/aromatic N) is 2. The van der Waals surface area contributed by atoms with Gasteiger partial charge in [0.1, 0.15) is 0 Å². The SMILES string of the molecule is CC(C)N1C2CC(CC(C)N3C4CCC3C(O)C4)C1CC2O. The Morgan fingerprint density at radius 3 is 2.14 bits per heavy atom. The van der Waals surface area contributed by atoms with E-state index in [0.29, 0.717) is 36.3 Å². The molecule has 4 heterocycles. The standard InChI is InChI=1S/C18H32N2O2/c1-10(2)19-15-9-18(22)16(19)7-12(15)6-11(3)20-13-4-5-14(20)17(21)8-13/h10-18,21-22H,4-9H2,1-3H3. The summed E-state index contributed by atoms with van der Waals surface area (Å²) in [6.45, 7) is 6.90. The molecule has 4 bridgehead atoms. The Kier molecular flexibility index (Phi) is 3.80. The smallest absolute Gasteiger partial charge is 0.0710 e. The molecule has 126 valence electrons. The largest absolute Gasteiger partial charge is 0.391 e. The van der Waals surface area contributed by atoms with E-state index in [0.717, 1.165) is 18.8 Å². The van der Waals surface area contributed by atoms with Crippen molar-refractivity contribution in [1.29, 1.82) is 0 Å². The van der Waals surface area contributed by atoms with E-state index in [4.69, 9.17) is 0 Å². The van der Waals surface area contributed by atoms with Crippen LogP contribution in [0.1, 0.15) is 59.3 Å². The van der Waals surface area contributed by atoms with Gasteiger partial charge in [-0.05, 0) is 65.2 Å². The van der Waals surface area contributed by atoms with Crippen LogP contribution in [-0.4, -0.2) is 68.5 Å². The number of rotatable bonds is 4. The van der Waals surface area contributed by atoms with Gasteiger partial charge in [0.25, 0.3) is 0 Å². The normalized spacial score (nSPS) is 49.6. The quantitative estimate of drug-likeness (QED) is 0.828. The lowest BCUT2D eigenvalue weighted by molar-refractivity contribution is 0.0883. The number of hydrogen-bond donors (Lipinski definition) is 2. The summed E-state index contributed by atoms with van der Waals surface area (Å²) in [4.78, 5) is 5.21. The molecular weight excluding hydrogens is 276 g/mol. The summed E-state index contributed by atoms with van der Waals surface area (Å²) >= 11 is 0. The summed E-state index contributed by atoms with van der Waals surface area (Å²) in [5, 5.41) is 20.4. The van der Waals surface area contributed by atoms with Gasteiger partial charge >= 0.3 is 0 Å². The average molecular weight is 308 g/mol. The monoisotopic (exact) mass is 308 g/mol. The van der Waals surface area contributed by atoms with Crippen molar-refractivity contribution in [1.82, 2.24) is 9.80 Å². The number of fused-ring (bicyclic) bond motifs is 4. The maximum Gasteiger partial charge on any atom is 0.0710 e. The molecule has 0 aromatic heterocycles. The Bertz CT molecular complexity index is 429. The van der Waals surface area contributed by atoms with Crippen molar-refractivity contribution in [3.63, 3.8) is 0 Å². The Labute approximate surface area is 134 Å². The fraction of sp³-hybridized carbons (Fsp3) is 1.00. The molecule has 0 aromatic carbocycles. The van der Waals surface area contributed by atoms with Gasteiger partial charge in [0.05, 0.1) is 12.2 Å². The summed E-state index contributed by atoms with van der Waals surface area (Å²) < 4.78 is 0. The topological polar surface area (TPSA) is 46.9 Å². The van der Waals surface area contributed by atoms with Crippen LogP contribution in [-0.2, 0) is 0 Å². The highest BCUT2D eigenvalue weighted by atomic mass is 16.3. The molecule has 0 aromatic rings. The minimum absolute atomic E-state index is 0.0878. The van der Waals surface area contributed by atoms with E-state index in [2.05, 4.69) is 30.6 Å². The first-order valence-electron chi connectivity index (χ1n) is 9.38. The van der Waals surface area contributed by atoms with Crippen LogP contribution < -0.4 is 0 Å². The van der Waals surface area contributed by atoms with Crippen LogP contribution in [0.25, 0.3) is 0 Å². The Morgan fingerprint density at radius 1 is 0.864 bits per heavy atom. The van der Waals surface area contributed by atoms with E-state index in [-0.39, 0.29) is 12.2 Å². The van der Waals surface area contributed by atoms with Crippen molar-refractivity contribution < 1.29 is 10.2 Å². The number of aliphatic hydroxyl groups is 2. The van der Waals surface area contributed by atoms with Crippen molar-refractivity contribution in [3.05, 3.63) is 0 Å². The molecule has 4 rings (SSSR count). The second-order valence-electron chi connectivity index (χ2n) is 8.61.